The zero-order chi connectivity index (χ0) is 18.7. The lowest BCUT2D eigenvalue weighted by atomic mass is 10.0. The van der Waals surface area contributed by atoms with Gasteiger partial charge in [0.15, 0.2) is 0 Å². The maximum absolute atomic E-state index is 12.7. The van der Waals surface area contributed by atoms with E-state index >= 15 is 0 Å². The first-order valence-electron chi connectivity index (χ1n) is 8.16. The molecule has 12 heteroatoms. The van der Waals surface area contributed by atoms with Crippen LogP contribution in [0.2, 0.25) is 0 Å². The highest BCUT2D eigenvalue weighted by atomic mass is 32.2. The number of nitrogens with one attached hydrogen (secondary N) is 1. The molecule has 1 fully saturated rings. The van der Waals surface area contributed by atoms with Gasteiger partial charge in [0, 0.05) is 19.1 Å². The summed E-state index contributed by atoms with van der Waals surface area (Å²) in [5.41, 5.74) is -0.483. The second kappa shape index (κ2) is 7.68. The van der Waals surface area contributed by atoms with Gasteiger partial charge >= 0.3 is 5.69 Å². The summed E-state index contributed by atoms with van der Waals surface area (Å²) in [6.07, 6.45) is 3.57. The molecular formula is C14H20N6O4S2. The van der Waals surface area contributed by atoms with Gasteiger partial charge in [-0.05, 0) is 47.2 Å². The summed E-state index contributed by atoms with van der Waals surface area (Å²) in [5, 5.41) is 10.0. The summed E-state index contributed by atoms with van der Waals surface area (Å²) in [6.45, 7) is 0.476. The Morgan fingerprint density at radius 2 is 2.19 bits per heavy atom. The Kier molecular flexibility index (Phi) is 5.53. The Morgan fingerprint density at radius 3 is 2.88 bits per heavy atom. The van der Waals surface area contributed by atoms with Gasteiger partial charge < -0.3 is 4.90 Å². The van der Waals surface area contributed by atoms with E-state index < -0.39 is 15.7 Å². The fourth-order valence-electron chi connectivity index (χ4n) is 2.91. The van der Waals surface area contributed by atoms with Crippen LogP contribution in [0, 0.1) is 0 Å². The van der Waals surface area contributed by atoms with Crippen LogP contribution in [0.25, 0.3) is 5.00 Å². The molecule has 0 aromatic carbocycles. The van der Waals surface area contributed by atoms with Crippen LogP contribution < -0.4 is 10.4 Å². The fraction of sp³-hybridized carbons (Fsp3) is 0.571. The van der Waals surface area contributed by atoms with Gasteiger partial charge in [0.05, 0.1) is 6.26 Å². The summed E-state index contributed by atoms with van der Waals surface area (Å²) < 4.78 is 27.3. The number of rotatable bonds is 6. The van der Waals surface area contributed by atoms with E-state index in [0.717, 1.165) is 28.5 Å². The number of carbonyl (C=O) groups excluding carboxylic acids is 1. The molecule has 142 valence electrons. The quantitative estimate of drug-likeness (QED) is 0.693. The average Bonchev–Trinajstić information content (AvgIpc) is 3.23. The van der Waals surface area contributed by atoms with Crippen LogP contribution >= 0.6 is 11.3 Å². The molecular weight excluding hydrogens is 380 g/mol. The number of carbonyl (C=O) groups is 1. The number of piperidine rings is 1. The standard InChI is InChI=1S/C14H20N6O4S2/c1-26(23,24)15-9-11-5-2-3-7-18(11)12(21)10-19-14(22)20(17-16-19)13-6-4-8-25-13/h4,6,8,11,15H,2-3,5,7,9-10H2,1H3. The molecule has 0 radical (unpaired) electrons. The van der Waals surface area contributed by atoms with Crippen molar-refractivity contribution in [2.45, 2.75) is 31.8 Å². The summed E-state index contributed by atoms with van der Waals surface area (Å²) >= 11 is 1.35. The molecule has 1 N–H and O–H groups in total. The van der Waals surface area contributed by atoms with Crippen molar-refractivity contribution in [2.75, 3.05) is 19.3 Å². The summed E-state index contributed by atoms with van der Waals surface area (Å²) in [5.74, 6) is -0.273. The zero-order valence-electron chi connectivity index (χ0n) is 14.2. The Hall–Kier alpha value is -2.05. The van der Waals surface area contributed by atoms with Crippen LogP contribution in [-0.2, 0) is 21.4 Å². The third kappa shape index (κ3) is 4.37. The van der Waals surface area contributed by atoms with Gasteiger partial charge in [-0.3, -0.25) is 4.79 Å². The number of nitrogens with zero attached hydrogens (tertiary/aromatic N) is 5. The van der Waals surface area contributed by atoms with Crippen molar-refractivity contribution in [1.82, 2.24) is 29.4 Å². The van der Waals surface area contributed by atoms with Gasteiger partial charge in [-0.15, -0.1) is 11.3 Å². The maximum Gasteiger partial charge on any atom is 0.369 e. The average molecular weight is 400 g/mol. The molecule has 1 amide bonds. The molecule has 1 atom stereocenters. The van der Waals surface area contributed by atoms with Crippen molar-refractivity contribution < 1.29 is 13.2 Å². The molecule has 0 bridgehead atoms. The van der Waals surface area contributed by atoms with Gasteiger partial charge in [-0.2, -0.15) is 9.36 Å². The largest absolute Gasteiger partial charge is 0.369 e. The topological polar surface area (TPSA) is 119 Å². The van der Waals surface area contributed by atoms with Crippen molar-refractivity contribution in [3.63, 3.8) is 0 Å². The first kappa shape index (κ1) is 18.7. The number of amides is 1. The maximum atomic E-state index is 12.7. The number of hydrogen-bond acceptors (Lipinski definition) is 7. The molecule has 2 aromatic rings. The van der Waals surface area contributed by atoms with E-state index in [1.807, 2.05) is 5.38 Å². The van der Waals surface area contributed by atoms with Crippen LogP contribution in [-0.4, -0.2) is 64.4 Å². The monoisotopic (exact) mass is 400 g/mol. The minimum atomic E-state index is -3.33. The predicted molar refractivity (Wildman–Crippen MR) is 95.7 cm³/mol. The zero-order valence-corrected chi connectivity index (χ0v) is 15.9. The molecule has 0 aliphatic carbocycles. The summed E-state index contributed by atoms with van der Waals surface area (Å²) in [4.78, 5) is 26.7. The Balaban J connectivity index is 1.71. The number of tetrazole rings is 1. The first-order valence-corrected chi connectivity index (χ1v) is 10.9. The molecule has 2 aromatic heterocycles. The Morgan fingerprint density at radius 1 is 1.38 bits per heavy atom. The highest BCUT2D eigenvalue weighted by Crippen LogP contribution is 2.17. The van der Waals surface area contributed by atoms with Crippen molar-refractivity contribution in [2.24, 2.45) is 0 Å². The van der Waals surface area contributed by atoms with Crippen LogP contribution in [0.5, 0.6) is 0 Å². The normalized spacial score (nSPS) is 18.2. The molecule has 10 nitrogen and oxygen atoms in total. The SMILES string of the molecule is CS(=O)(=O)NCC1CCCCN1C(=O)Cn1nnn(-c2cccs2)c1=O. The van der Waals surface area contributed by atoms with Gasteiger partial charge in [-0.1, -0.05) is 0 Å². The molecule has 3 heterocycles. The van der Waals surface area contributed by atoms with Crippen molar-refractivity contribution in [3.8, 4) is 5.00 Å². The smallest absolute Gasteiger partial charge is 0.337 e. The van der Waals surface area contributed by atoms with Crippen LogP contribution in [0.1, 0.15) is 19.3 Å². The van der Waals surface area contributed by atoms with Gasteiger partial charge in [0.1, 0.15) is 11.5 Å². The first-order chi connectivity index (χ1) is 12.3. The van der Waals surface area contributed by atoms with Gasteiger partial charge in [0.2, 0.25) is 15.9 Å². The van der Waals surface area contributed by atoms with E-state index in [1.54, 1.807) is 17.0 Å². The summed E-state index contributed by atoms with van der Waals surface area (Å²) in [7, 11) is -3.33. The van der Waals surface area contributed by atoms with Crippen LogP contribution in [0.3, 0.4) is 0 Å². The van der Waals surface area contributed by atoms with Crippen LogP contribution in [0.15, 0.2) is 22.3 Å². The van der Waals surface area contributed by atoms with Crippen LogP contribution in [0.4, 0.5) is 0 Å². The highest BCUT2D eigenvalue weighted by molar-refractivity contribution is 7.88. The van der Waals surface area contributed by atoms with Crippen molar-refractivity contribution in [3.05, 3.63) is 28.0 Å². The molecule has 1 saturated heterocycles. The van der Waals surface area contributed by atoms with E-state index in [0.29, 0.717) is 18.0 Å². The van der Waals surface area contributed by atoms with E-state index in [9.17, 15) is 18.0 Å². The van der Waals surface area contributed by atoms with Gasteiger partial charge in [0.25, 0.3) is 0 Å². The van der Waals surface area contributed by atoms with Crippen molar-refractivity contribution >= 4 is 27.3 Å². The molecule has 0 saturated carbocycles. The van der Waals surface area contributed by atoms with Crippen molar-refractivity contribution in [1.29, 1.82) is 0 Å². The molecule has 1 aliphatic rings. The minimum absolute atomic E-state index is 0.168. The van der Waals surface area contributed by atoms with E-state index in [1.165, 1.54) is 11.3 Å². The van der Waals surface area contributed by atoms with Gasteiger partial charge in [-0.25, -0.2) is 17.9 Å². The Bertz CT molecular complexity index is 918. The molecule has 1 aliphatic heterocycles. The lowest BCUT2D eigenvalue weighted by molar-refractivity contribution is -0.135. The Labute approximate surface area is 154 Å². The number of thiophene rings is 1. The highest BCUT2D eigenvalue weighted by Gasteiger charge is 2.28. The molecule has 26 heavy (non-hydrogen) atoms. The number of aromatic nitrogens is 4. The number of likely N-dealkylation sites (tertiary alicyclic amines) is 1. The third-order valence-electron chi connectivity index (χ3n) is 4.17. The lowest BCUT2D eigenvalue weighted by Crippen LogP contribution is -2.50. The second-order valence-corrected chi connectivity index (χ2v) is 8.90. The molecule has 1 unspecified atom stereocenters. The minimum Gasteiger partial charge on any atom is -0.337 e. The third-order valence-corrected chi connectivity index (χ3v) is 5.70. The van der Waals surface area contributed by atoms with E-state index in [-0.39, 0.29) is 25.0 Å². The molecule has 0 spiro atoms. The fourth-order valence-corrected chi connectivity index (χ4v) is 4.07. The van der Waals surface area contributed by atoms with E-state index in [2.05, 4.69) is 15.1 Å². The second-order valence-electron chi connectivity index (χ2n) is 6.14. The predicted octanol–water partition coefficient (Wildman–Crippen LogP) is -0.579. The van der Waals surface area contributed by atoms with E-state index in [4.69, 9.17) is 0 Å². The number of sulfonamides is 1. The molecule has 3 rings (SSSR count). The summed E-state index contributed by atoms with van der Waals surface area (Å²) in [6, 6.07) is 3.31. The lowest BCUT2D eigenvalue weighted by Gasteiger charge is -2.35. The number of hydrogen-bond donors (Lipinski definition) is 1.